The van der Waals surface area contributed by atoms with Crippen LogP contribution in [-0.2, 0) is 0 Å². The molecule has 0 bridgehead atoms. The van der Waals surface area contributed by atoms with Gasteiger partial charge in [0.05, 0.1) is 0 Å². The van der Waals surface area contributed by atoms with Crippen molar-refractivity contribution in [1.29, 1.82) is 0 Å². The summed E-state index contributed by atoms with van der Waals surface area (Å²) in [7, 11) is 0. The van der Waals surface area contributed by atoms with Crippen molar-refractivity contribution in [2.45, 2.75) is 32.6 Å². The van der Waals surface area contributed by atoms with Crippen molar-refractivity contribution in [3.05, 3.63) is 69.3 Å². The van der Waals surface area contributed by atoms with E-state index >= 15 is 0 Å². The Hall–Kier alpha value is -2.36. The molecule has 1 atom stereocenters. The van der Waals surface area contributed by atoms with E-state index < -0.39 is 0 Å². The van der Waals surface area contributed by atoms with Crippen molar-refractivity contribution in [2.75, 3.05) is 13.1 Å². The normalized spacial score (nSPS) is 18.0. The van der Waals surface area contributed by atoms with Crippen molar-refractivity contribution in [3.63, 3.8) is 0 Å². The third kappa shape index (κ3) is 3.52. The number of nitrogens with zero attached hydrogens (tertiary/aromatic N) is 1. The summed E-state index contributed by atoms with van der Waals surface area (Å²) in [5.41, 5.74) is 2.31. The van der Waals surface area contributed by atoms with E-state index in [9.17, 15) is 9.59 Å². The van der Waals surface area contributed by atoms with Gasteiger partial charge in [0, 0.05) is 31.1 Å². The maximum absolute atomic E-state index is 12.6. The van der Waals surface area contributed by atoms with Gasteiger partial charge in [-0.1, -0.05) is 29.8 Å². The minimum Gasteiger partial charge on any atom is -0.456 e. The van der Waals surface area contributed by atoms with Crippen LogP contribution in [0.5, 0.6) is 0 Å². The number of carbonyl (C=O) groups is 1. The van der Waals surface area contributed by atoms with Gasteiger partial charge >= 0.3 is 0 Å². The van der Waals surface area contributed by atoms with Crippen LogP contribution in [0, 0.1) is 13.8 Å². The summed E-state index contributed by atoms with van der Waals surface area (Å²) in [5, 5.41) is 0. The highest BCUT2D eigenvalue weighted by molar-refractivity contribution is 5.91. The lowest BCUT2D eigenvalue weighted by Crippen LogP contribution is -2.39. The Morgan fingerprint density at radius 2 is 2.04 bits per heavy atom. The Morgan fingerprint density at radius 3 is 2.78 bits per heavy atom. The molecule has 0 N–H and O–H groups in total. The van der Waals surface area contributed by atoms with Crippen LogP contribution in [0.15, 0.2) is 45.6 Å². The van der Waals surface area contributed by atoms with E-state index in [1.807, 2.05) is 0 Å². The first-order valence-corrected chi connectivity index (χ1v) is 8.00. The lowest BCUT2D eigenvalue weighted by molar-refractivity contribution is 0.0670. The average Bonchev–Trinajstić information content (AvgIpc) is 2.53. The van der Waals surface area contributed by atoms with Crippen LogP contribution in [0.2, 0.25) is 0 Å². The second kappa shape index (κ2) is 6.41. The molecule has 1 aromatic heterocycles. The van der Waals surface area contributed by atoms with Gasteiger partial charge in [0.25, 0.3) is 5.91 Å². The molecule has 120 valence electrons. The molecule has 3 rings (SSSR count). The van der Waals surface area contributed by atoms with Gasteiger partial charge in [0.1, 0.15) is 5.76 Å². The van der Waals surface area contributed by atoms with Crippen molar-refractivity contribution >= 4 is 5.91 Å². The Balaban J connectivity index is 1.80. The third-order valence-corrected chi connectivity index (χ3v) is 4.32. The van der Waals surface area contributed by atoms with Crippen LogP contribution in [-0.4, -0.2) is 23.9 Å². The first-order valence-electron chi connectivity index (χ1n) is 8.00. The van der Waals surface area contributed by atoms with Crippen molar-refractivity contribution in [1.82, 2.24) is 4.90 Å². The van der Waals surface area contributed by atoms with Gasteiger partial charge in [-0.3, -0.25) is 9.59 Å². The number of likely N-dealkylation sites (tertiary alicyclic amines) is 1. The van der Waals surface area contributed by atoms with Crippen molar-refractivity contribution in [3.8, 4) is 0 Å². The predicted octanol–water partition coefficient (Wildman–Crippen LogP) is 3.28. The van der Waals surface area contributed by atoms with E-state index in [4.69, 9.17) is 4.42 Å². The highest BCUT2D eigenvalue weighted by Gasteiger charge is 2.27. The molecule has 1 aliphatic heterocycles. The Kier molecular flexibility index (Phi) is 4.33. The summed E-state index contributed by atoms with van der Waals surface area (Å²) in [4.78, 5) is 26.0. The summed E-state index contributed by atoms with van der Waals surface area (Å²) in [6.45, 7) is 5.14. The number of benzene rings is 1. The van der Waals surface area contributed by atoms with E-state index in [1.54, 1.807) is 11.8 Å². The highest BCUT2D eigenvalue weighted by Crippen LogP contribution is 2.28. The number of piperidine rings is 1. The van der Waals surface area contributed by atoms with Gasteiger partial charge in [0.2, 0.25) is 0 Å². The molecule has 4 nitrogen and oxygen atoms in total. The summed E-state index contributed by atoms with van der Waals surface area (Å²) in [6.07, 6.45) is 2.03. The quantitative estimate of drug-likeness (QED) is 0.855. The number of carbonyl (C=O) groups excluding carboxylic acids is 1. The predicted molar refractivity (Wildman–Crippen MR) is 88.8 cm³/mol. The fraction of sp³-hybridized carbons (Fsp3) is 0.368. The molecule has 4 heteroatoms. The second-order valence-corrected chi connectivity index (χ2v) is 6.27. The molecule has 23 heavy (non-hydrogen) atoms. The first-order chi connectivity index (χ1) is 11.0. The maximum Gasteiger partial charge on any atom is 0.289 e. The van der Waals surface area contributed by atoms with Crippen LogP contribution in [0.4, 0.5) is 0 Å². The molecule has 0 radical (unpaired) electrons. The van der Waals surface area contributed by atoms with Crippen LogP contribution in [0.3, 0.4) is 0 Å². The topological polar surface area (TPSA) is 50.5 Å². The molecule has 0 aliphatic carbocycles. The maximum atomic E-state index is 12.6. The molecule has 0 saturated carbocycles. The number of hydrogen-bond donors (Lipinski definition) is 0. The van der Waals surface area contributed by atoms with E-state index in [2.05, 4.69) is 31.2 Å². The van der Waals surface area contributed by atoms with Crippen LogP contribution >= 0.6 is 0 Å². The smallest absolute Gasteiger partial charge is 0.289 e. The van der Waals surface area contributed by atoms with E-state index in [-0.39, 0.29) is 17.1 Å². The first kappa shape index (κ1) is 15.5. The van der Waals surface area contributed by atoms with Gasteiger partial charge in [-0.15, -0.1) is 0 Å². The minimum atomic E-state index is -0.192. The van der Waals surface area contributed by atoms with Crippen molar-refractivity contribution < 1.29 is 9.21 Å². The van der Waals surface area contributed by atoms with Crippen LogP contribution < -0.4 is 5.43 Å². The second-order valence-electron chi connectivity index (χ2n) is 6.27. The number of hydrogen-bond acceptors (Lipinski definition) is 3. The van der Waals surface area contributed by atoms with Crippen molar-refractivity contribution in [2.24, 2.45) is 0 Å². The Labute approximate surface area is 135 Å². The summed E-state index contributed by atoms with van der Waals surface area (Å²) >= 11 is 0. The SMILES string of the molecule is Cc1cccc(C2CCCN(C(=O)c3cc(=O)cc(C)o3)C2)c1. The molecule has 1 aliphatic rings. The highest BCUT2D eigenvalue weighted by atomic mass is 16.3. The summed E-state index contributed by atoms with van der Waals surface area (Å²) in [5.74, 6) is 0.750. The molecule has 2 aromatic rings. The summed E-state index contributed by atoms with van der Waals surface area (Å²) in [6, 6.07) is 11.1. The molecule has 1 amide bonds. The Morgan fingerprint density at radius 1 is 1.22 bits per heavy atom. The molecule has 0 spiro atoms. The Bertz CT molecular complexity index is 778. The van der Waals surface area contributed by atoms with Gasteiger partial charge in [-0.05, 0) is 32.3 Å². The monoisotopic (exact) mass is 311 g/mol. The zero-order valence-electron chi connectivity index (χ0n) is 13.5. The van der Waals surface area contributed by atoms with Crippen LogP contribution in [0.25, 0.3) is 0 Å². The van der Waals surface area contributed by atoms with Gasteiger partial charge in [-0.25, -0.2) is 0 Å². The van der Waals surface area contributed by atoms with Gasteiger partial charge < -0.3 is 9.32 Å². The molecular weight excluding hydrogens is 290 g/mol. The standard InChI is InChI=1S/C19H21NO3/c1-13-5-3-6-15(9-13)16-7-4-8-20(12-16)19(22)18-11-17(21)10-14(2)23-18/h3,5-6,9-11,16H,4,7-8,12H2,1-2H3. The number of rotatable bonds is 2. The largest absolute Gasteiger partial charge is 0.456 e. The van der Waals surface area contributed by atoms with E-state index in [0.29, 0.717) is 24.8 Å². The zero-order valence-corrected chi connectivity index (χ0v) is 13.5. The zero-order chi connectivity index (χ0) is 16.4. The molecule has 1 saturated heterocycles. The fourth-order valence-corrected chi connectivity index (χ4v) is 3.22. The van der Waals surface area contributed by atoms with E-state index in [1.165, 1.54) is 23.3 Å². The average molecular weight is 311 g/mol. The number of amides is 1. The molecule has 1 aromatic carbocycles. The molecule has 1 unspecified atom stereocenters. The van der Waals surface area contributed by atoms with Crippen LogP contribution in [0.1, 0.15) is 46.2 Å². The minimum absolute atomic E-state index is 0.139. The number of aryl methyl sites for hydroxylation is 2. The van der Waals surface area contributed by atoms with Gasteiger partial charge in [-0.2, -0.15) is 0 Å². The van der Waals surface area contributed by atoms with Gasteiger partial charge in [0.15, 0.2) is 11.2 Å². The van der Waals surface area contributed by atoms with E-state index in [0.717, 1.165) is 12.8 Å². The summed E-state index contributed by atoms with van der Waals surface area (Å²) < 4.78 is 5.44. The molecular formula is C19H21NO3. The fourth-order valence-electron chi connectivity index (χ4n) is 3.22. The lowest BCUT2D eigenvalue weighted by atomic mass is 9.89. The third-order valence-electron chi connectivity index (χ3n) is 4.32. The molecule has 2 heterocycles. The molecule has 1 fully saturated rings. The lowest BCUT2D eigenvalue weighted by Gasteiger charge is -2.32.